The average molecular weight is 344 g/mol. The van der Waals surface area contributed by atoms with Crippen molar-refractivity contribution in [2.75, 3.05) is 16.8 Å². The molecule has 6 heteroatoms. The van der Waals surface area contributed by atoms with Gasteiger partial charge in [0.2, 0.25) is 5.91 Å². The van der Waals surface area contributed by atoms with E-state index >= 15 is 0 Å². The molecule has 6 nitrogen and oxygen atoms in total. The van der Waals surface area contributed by atoms with E-state index in [9.17, 15) is 9.59 Å². The first-order chi connectivity index (χ1) is 12.7. The summed E-state index contributed by atoms with van der Waals surface area (Å²) in [6.45, 7) is 0.275. The Morgan fingerprint density at radius 2 is 1.81 bits per heavy atom. The van der Waals surface area contributed by atoms with E-state index in [1.165, 1.54) is 12.5 Å². The number of aromatic nitrogens is 2. The third kappa shape index (κ3) is 2.93. The van der Waals surface area contributed by atoms with E-state index in [1.54, 1.807) is 12.1 Å². The van der Waals surface area contributed by atoms with Gasteiger partial charge in [0.15, 0.2) is 5.78 Å². The number of benzene rings is 2. The number of nitrogens with one attached hydrogen (secondary N) is 1. The number of anilines is 3. The summed E-state index contributed by atoms with van der Waals surface area (Å²) in [4.78, 5) is 35.5. The van der Waals surface area contributed by atoms with Gasteiger partial charge in [0.05, 0.1) is 5.69 Å². The molecule has 1 atom stereocenters. The van der Waals surface area contributed by atoms with E-state index in [0.29, 0.717) is 11.4 Å². The van der Waals surface area contributed by atoms with Gasteiger partial charge in [0.25, 0.3) is 0 Å². The van der Waals surface area contributed by atoms with Crippen LogP contribution in [0.1, 0.15) is 10.4 Å². The maximum atomic E-state index is 12.9. The Bertz CT molecular complexity index is 944. The third-order valence-corrected chi connectivity index (χ3v) is 4.36. The number of ketones is 1. The summed E-state index contributed by atoms with van der Waals surface area (Å²) in [5.74, 6) is -0.994. The Kier molecular flexibility index (Phi) is 4.15. The van der Waals surface area contributed by atoms with Crippen LogP contribution in [0.25, 0.3) is 0 Å². The molecule has 26 heavy (non-hydrogen) atoms. The van der Waals surface area contributed by atoms with Gasteiger partial charge in [0, 0.05) is 24.0 Å². The molecule has 2 aromatic carbocycles. The molecule has 1 unspecified atom stereocenters. The minimum Gasteiger partial charge on any atom is -0.340 e. The molecule has 0 saturated heterocycles. The predicted molar refractivity (Wildman–Crippen MR) is 98.4 cm³/mol. The minimum atomic E-state index is -0.819. The quantitative estimate of drug-likeness (QED) is 0.739. The zero-order valence-corrected chi connectivity index (χ0v) is 13.9. The van der Waals surface area contributed by atoms with Crippen LogP contribution in [0, 0.1) is 5.92 Å². The van der Waals surface area contributed by atoms with Crippen molar-refractivity contribution in [3.05, 3.63) is 78.8 Å². The number of para-hydroxylation sites is 2. The number of hydrogen-bond acceptors (Lipinski definition) is 5. The number of carbonyl (C=O) groups excluding carboxylic acids is 2. The summed E-state index contributed by atoms with van der Waals surface area (Å²) in [5, 5.41) is 2.71. The minimum absolute atomic E-state index is 0.181. The summed E-state index contributed by atoms with van der Waals surface area (Å²) in [5.41, 5.74) is 2.30. The maximum Gasteiger partial charge on any atom is 0.238 e. The van der Waals surface area contributed by atoms with E-state index in [0.717, 1.165) is 11.4 Å². The zero-order valence-electron chi connectivity index (χ0n) is 13.9. The van der Waals surface area contributed by atoms with Crippen molar-refractivity contribution in [3.8, 4) is 0 Å². The first-order valence-corrected chi connectivity index (χ1v) is 8.27. The van der Waals surface area contributed by atoms with Crippen molar-refractivity contribution in [2.24, 2.45) is 5.92 Å². The van der Waals surface area contributed by atoms with Crippen LogP contribution in [0.15, 0.2) is 73.2 Å². The van der Waals surface area contributed by atoms with Gasteiger partial charge in [-0.2, -0.15) is 0 Å². The Morgan fingerprint density at radius 3 is 2.58 bits per heavy atom. The lowest BCUT2D eigenvalue weighted by Crippen LogP contribution is -2.43. The first kappa shape index (κ1) is 16.0. The molecule has 0 radical (unpaired) electrons. The number of hydrogen-bond donors (Lipinski definition) is 1. The Balaban J connectivity index is 1.69. The smallest absolute Gasteiger partial charge is 0.238 e. The largest absolute Gasteiger partial charge is 0.340 e. The molecular weight excluding hydrogens is 328 g/mol. The molecule has 0 spiro atoms. The Labute approximate surface area is 150 Å². The van der Waals surface area contributed by atoms with Gasteiger partial charge in [-0.15, -0.1) is 0 Å². The number of Topliss-reactive ketones (excluding diaryl/α,β-unsaturated/α-hetero) is 1. The molecular formula is C20H16N4O2. The molecule has 2 heterocycles. The molecule has 1 N–H and O–H groups in total. The third-order valence-electron chi connectivity index (χ3n) is 4.36. The van der Waals surface area contributed by atoms with Crippen LogP contribution in [-0.2, 0) is 4.79 Å². The van der Waals surface area contributed by atoms with Crippen molar-refractivity contribution < 1.29 is 9.59 Å². The summed E-state index contributed by atoms with van der Waals surface area (Å²) in [6.07, 6.45) is 2.89. The highest BCUT2D eigenvalue weighted by Crippen LogP contribution is 2.35. The van der Waals surface area contributed by atoms with Gasteiger partial charge >= 0.3 is 0 Å². The molecule has 1 amide bonds. The molecule has 0 saturated carbocycles. The second-order valence-corrected chi connectivity index (χ2v) is 5.96. The number of rotatable bonds is 3. The van der Waals surface area contributed by atoms with Crippen LogP contribution in [-0.4, -0.2) is 28.2 Å². The van der Waals surface area contributed by atoms with Gasteiger partial charge < -0.3 is 10.2 Å². The lowest BCUT2D eigenvalue weighted by atomic mass is 9.90. The average Bonchev–Trinajstić information content (AvgIpc) is 2.70. The van der Waals surface area contributed by atoms with Crippen molar-refractivity contribution in [3.63, 3.8) is 0 Å². The Hall–Kier alpha value is -3.54. The highest BCUT2D eigenvalue weighted by molar-refractivity contribution is 6.17. The number of amides is 1. The maximum absolute atomic E-state index is 12.9. The Morgan fingerprint density at radius 1 is 1.04 bits per heavy atom. The fraction of sp³-hybridized carbons (Fsp3) is 0.100. The lowest BCUT2D eigenvalue weighted by Gasteiger charge is -2.34. The lowest BCUT2D eigenvalue weighted by molar-refractivity contribution is -0.118. The number of fused-ring (bicyclic) bond motifs is 1. The summed E-state index contributed by atoms with van der Waals surface area (Å²) < 4.78 is 0. The van der Waals surface area contributed by atoms with Gasteiger partial charge in [-0.25, -0.2) is 9.97 Å². The molecule has 128 valence electrons. The molecule has 0 aliphatic carbocycles. The van der Waals surface area contributed by atoms with E-state index < -0.39 is 5.92 Å². The highest BCUT2D eigenvalue weighted by atomic mass is 16.2. The summed E-state index contributed by atoms with van der Waals surface area (Å²) >= 11 is 0. The van der Waals surface area contributed by atoms with E-state index in [4.69, 9.17) is 0 Å². The van der Waals surface area contributed by atoms with Crippen LogP contribution < -0.4 is 10.2 Å². The molecule has 3 aromatic rings. The number of nitrogens with zero attached hydrogens (tertiary/aromatic N) is 3. The molecule has 0 fully saturated rings. The standard InChI is InChI=1S/C20H16N4O2/c25-19-15-8-4-5-9-17(15)24(14-6-2-1-3-7-14)12-16(19)20(26)23-18-10-11-21-13-22-18/h1-11,13,16H,12H2,(H,21,22,23,26). The SMILES string of the molecule is O=C(Nc1ccncn1)C1CN(c2ccccc2)c2ccccc2C1=O. The van der Waals surface area contributed by atoms with Crippen molar-refractivity contribution >= 4 is 28.9 Å². The van der Waals surface area contributed by atoms with Crippen LogP contribution in [0.3, 0.4) is 0 Å². The van der Waals surface area contributed by atoms with Crippen LogP contribution in [0.5, 0.6) is 0 Å². The van der Waals surface area contributed by atoms with Gasteiger partial charge in [-0.1, -0.05) is 30.3 Å². The fourth-order valence-electron chi connectivity index (χ4n) is 3.10. The molecule has 1 aromatic heterocycles. The zero-order chi connectivity index (χ0) is 17.9. The fourth-order valence-corrected chi connectivity index (χ4v) is 3.10. The van der Waals surface area contributed by atoms with Crippen molar-refractivity contribution in [2.45, 2.75) is 0 Å². The van der Waals surface area contributed by atoms with E-state index in [2.05, 4.69) is 15.3 Å². The summed E-state index contributed by atoms with van der Waals surface area (Å²) in [6, 6.07) is 18.7. The van der Waals surface area contributed by atoms with Crippen molar-refractivity contribution in [1.82, 2.24) is 9.97 Å². The second-order valence-electron chi connectivity index (χ2n) is 5.96. The normalized spacial score (nSPS) is 16.1. The predicted octanol–water partition coefficient (Wildman–Crippen LogP) is 3.07. The van der Waals surface area contributed by atoms with Gasteiger partial charge in [-0.3, -0.25) is 9.59 Å². The highest BCUT2D eigenvalue weighted by Gasteiger charge is 2.37. The van der Waals surface area contributed by atoms with Gasteiger partial charge in [-0.05, 0) is 30.3 Å². The van der Waals surface area contributed by atoms with Crippen LogP contribution >= 0.6 is 0 Å². The van der Waals surface area contributed by atoms with E-state index in [1.807, 2.05) is 53.4 Å². The van der Waals surface area contributed by atoms with E-state index in [-0.39, 0.29) is 18.2 Å². The molecule has 1 aliphatic rings. The van der Waals surface area contributed by atoms with Crippen LogP contribution in [0.2, 0.25) is 0 Å². The topological polar surface area (TPSA) is 75.2 Å². The second kappa shape index (κ2) is 6.76. The number of carbonyl (C=O) groups is 2. The molecule has 0 bridgehead atoms. The van der Waals surface area contributed by atoms with Gasteiger partial charge in [0.1, 0.15) is 18.1 Å². The molecule has 4 rings (SSSR count). The van der Waals surface area contributed by atoms with Crippen molar-refractivity contribution in [1.29, 1.82) is 0 Å². The monoisotopic (exact) mass is 344 g/mol. The molecule has 1 aliphatic heterocycles. The van der Waals surface area contributed by atoms with Crippen LogP contribution in [0.4, 0.5) is 17.2 Å². The summed E-state index contributed by atoms with van der Waals surface area (Å²) in [7, 11) is 0. The first-order valence-electron chi connectivity index (χ1n) is 8.27.